The van der Waals surface area contributed by atoms with Crippen molar-refractivity contribution >= 4 is 80.1 Å². The van der Waals surface area contributed by atoms with E-state index in [1.807, 2.05) is 37.3 Å². The van der Waals surface area contributed by atoms with Gasteiger partial charge in [0.05, 0.1) is 12.0 Å². The number of aryl methyl sites for hydroxylation is 1. The summed E-state index contributed by atoms with van der Waals surface area (Å²) in [6.07, 6.45) is 1.66. The molecule has 2 aromatic rings. The summed E-state index contributed by atoms with van der Waals surface area (Å²) < 4.78 is 13.1. The second-order valence-corrected chi connectivity index (χ2v) is 11.8. The molecule has 6 nitrogen and oxygen atoms in total. The lowest BCUT2D eigenvalue weighted by atomic mass is 10.1. The molecule has 1 fully saturated rings. The number of carbonyl (C=O) groups excluding carboxylic acids is 3. The molecule has 0 atom stereocenters. The van der Waals surface area contributed by atoms with Crippen LogP contribution in [0, 0.1) is 14.1 Å². The molecule has 1 heterocycles. The van der Waals surface area contributed by atoms with E-state index in [1.165, 1.54) is 5.56 Å². The van der Waals surface area contributed by atoms with E-state index < -0.39 is 29.3 Å². The molecule has 2 amide bonds. The van der Waals surface area contributed by atoms with E-state index in [0.29, 0.717) is 6.61 Å². The van der Waals surface area contributed by atoms with Crippen LogP contribution in [0.25, 0.3) is 6.08 Å². The SMILES string of the molecule is Cc1cccc(COc2c(I)cc(C=C3SC(=O)N(CC(=O)OC(C)(C)C)C3=O)cc2I)c1. The second kappa shape index (κ2) is 10.8. The van der Waals surface area contributed by atoms with Crippen molar-refractivity contribution < 1.29 is 23.9 Å². The summed E-state index contributed by atoms with van der Waals surface area (Å²) in [6, 6.07) is 12.0. The van der Waals surface area contributed by atoms with Crippen LogP contribution < -0.4 is 4.74 Å². The van der Waals surface area contributed by atoms with Crippen molar-refractivity contribution in [3.8, 4) is 5.75 Å². The van der Waals surface area contributed by atoms with Gasteiger partial charge in [0, 0.05) is 0 Å². The lowest BCUT2D eigenvalue weighted by Gasteiger charge is -2.21. The van der Waals surface area contributed by atoms with Crippen LogP contribution in [0.1, 0.15) is 37.5 Å². The van der Waals surface area contributed by atoms with Crippen molar-refractivity contribution in [2.24, 2.45) is 0 Å². The van der Waals surface area contributed by atoms with Crippen molar-refractivity contribution in [2.75, 3.05) is 6.54 Å². The Morgan fingerprint density at radius 1 is 1.12 bits per heavy atom. The van der Waals surface area contributed by atoms with Crippen molar-refractivity contribution in [2.45, 2.75) is 39.9 Å². The first-order valence-electron chi connectivity index (χ1n) is 10.1. The molecule has 33 heavy (non-hydrogen) atoms. The summed E-state index contributed by atoms with van der Waals surface area (Å²) in [5.41, 5.74) is 2.35. The van der Waals surface area contributed by atoms with E-state index in [9.17, 15) is 14.4 Å². The smallest absolute Gasteiger partial charge is 0.326 e. The van der Waals surface area contributed by atoms with Crippen LogP contribution in [0.15, 0.2) is 41.3 Å². The minimum atomic E-state index is -0.689. The van der Waals surface area contributed by atoms with Crippen LogP contribution in [-0.2, 0) is 20.9 Å². The molecular weight excluding hydrogens is 668 g/mol. The topological polar surface area (TPSA) is 72.9 Å². The molecule has 0 aromatic heterocycles. The largest absolute Gasteiger partial charge is 0.487 e. The number of hydrogen-bond acceptors (Lipinski definition) is 6. The average Bonchev–Trinajstić information content (AvgIpc) is 2.93. The molecule has 3 rings (SSSR count). The Labute approximate surface area is 224 Å². The van der Waals surface area contributed by atoms with E-state index in [0.717, 1.165) is 40.7 Å². The minimum Gasteiger partial charge on any atom is -0.487 e. The monoisotopic (exact) mass is 691 g/mol. The molecule has 0 N–H and O–H groups in total. The molecule has 0 radical (unpaired) electrons. The molecule has 0 aliphatic carbocycles. The van der Waals surface area contributed by atoms with Crippen molar-refractivity contribution in [3.63, 3.8) is 0 Å². The number of thioether (sulfide) groups is 1. The van der Waals surface area contributed by atoms with Crippen LogP contribution in [0.2, 0.25) is 0 Å². The molecule has 1 aliphatic heterocycles. The first kappa shape index (κ1) is 26.0. The highest BCUT2D eigenvalue weighted by molar-refractivity contribution is 14.1. The van der Waals surface area contributed by atoms with Crippen LogP contribution >= 0.6 is 56.9 Å². The molecule has 0 saturated carbocycles. The number of imide groups is 1. The Kier molecular flexibility index (Phi) is 8.49. The Bertz CT molecular complexity index is 1120. The van der Waals surface area contributed by atoms with Gasteiger partial charge in [0.1, 0.15) is 24.5 Å². The van der Waals surface area contributed by atoms with Crippen molar-refractivity contribution in [1.29, 1.82) is 0 Å². The van der Waals surface area contributed by atoms with Crippen LogP contribution in [0.4, 0.5) is 4.79 Å². The zero-order chi connectivity index (χ0) is 24.3. The molecular formula is C24H23I2NO5S. The first-order chi connectivity index (χ1) is 15.4. The maximum Gasteiger partial charge on any atom is 0.326 e. The predicted octanol–water partition coefficient (Wildman–Crippen LogP) is 6.16. The number of hydrogen-bond donors (Lipinski definition) is 0. The zero-order valence-corrected chi connectivity index (χ0v) is 23.7. The summed E-state index contributed by atoms with van der Waals surface area (Å²) in [5, 5.41) is -0.486. The Morgan fingerprint density at radius 2 is 1.79 bits per heavy atom. The quantitative estimate of drug-likeness (QED) is 0.206. The van der Waals surface area contributed by atoms with Gasteiger partial charge in [-0.15, -0.1) is 0 Å². The Hall–Kier alpha value is -1.60. The summed E-state index contributed by atoms with van der Waals surface area (Å²) in [5.74, 6) is -0.348. The molecule has 1 aliphatic rings. The number of nitrogens with zero attached hydrogens (tertiary/aromatic N) is 1. The fourth-order valence-corrected chi connectivity index (χ4v) is 6.01. The third kappa shape index (κ3) is 7.19. The maximum absolute atomic E-state index is 12.7. The van der Waals surface area contributed by atoms with Gasteiger partial charge in [0.15, 0.2) is 0 Å². The molecule has 9 heteroatoms. The lowest BCUT2D eigenvalue weighted by molar-refractivity contribution is -0.156. The van der Waals surface area contributed by atoms with E-state index in [1.54, 1.807) is 26.8 Å². The molecule has 1 saturated heterocycles. The van der Waals surface area contributed by atoms with Crippen molar-refractivity contribution in [3.05, 3.63) is 65.1 Å². The second-order valence-electron chi connectivity index (χ2n) is 8.45. The Morgan fingerprint density at radius 3 is 2.39 bits per heavy atom. The van der Waals surface area contributed by atoms with Gasteiger partial charge in [-0.2, -0.15) is 0 Å². The number of amides is 2. The van der Waals surface area contributed by atoms with Crippen LogP contribution in [-0.4, -0.2) is 34.2 Å². The minimum absolute atomic E-state index is 0.267. The van der Waals surface area contributed by atoms with Gasteiger partial charge in [-0.1, -0.05) is 29.8 Å². The average molecular weight is 691 g/mol. The summed E-state index contributed by atoms with van der Waals surface area (Å²) in [7, 11) is 0. The van der Waals surface area contributed by atoms with E-state index >= 15 is 0 Å². The van der Waals surface area contributed by atoms with Gasteiger partial charge >= 0.3 is 5.97 Å². The summed E-state index contributed by atoms with van der Waals surface area (Å²) >= 11 is 5.22. The standard InChI is InChI=1S/C24H23I2NO5S/c1-14-6-5-7-15(8-14)13-31-21-17(25)9-16(10-18(21)26)11-19-22(29)27(23(30)33-19)12-20(28)32-24(2,3)4/h5-11H,12-13H2,1-4H3. The number of carbonyl (C=O) groups is 3. The van der Waals surface area contributed by atoms with Gasteiger partial charge in [-0.25, -0.2) is 0 Å². The summed E-state index contributed by atoms with van der Waals surface area (Å²) in [6.45, 7) is 7.29. The van der Waals surface area contributed by atoms with Crippen molar-refractivity contribution in [1.82, 2.24) is 4.90 Å². The fourth-order valence-electron chi connectivity index (χ4n) is 3.05. The number of halogens is 2. The number of benzene rings is 2. The normalized spacial score (nSPS) is 15.3. The van der Waals surface area contributed by atoms with Crippen LogP contribution in [0.5, 0.6) is 5.75 Å². The molecule has 2 aromatic carbocycles. The van der Waals surface area contributed by atoms with Gasteiger partial charge in [-0.3, -0.25) is 19.3 Å². The summed E-state index contributed by atoms with van der Waals surface area (Å²) in [4.78, 5) is 38.3. The van der Waals surface area contributed by atoms with Gasteiger partial charge in [0.2, 0.25) is 0 Å². The number of rotatable bonds is 6. The fraction of sp³-hybridized carbons (Fsp3) is 0.292. The van der Waals surface area contributed by atoms with Crippen LogP contribution in [0.3, 0.4) is 0 Å². The third-order valence-corrected chi connectivity index (χ3v) is 6.87. The van der Waals surface area contributed by atoms with Gasteiger partial charge in [0.25, 0.3) is 11.1 Å². The molecule has 174 valence electrons. The highest BCUT2D eigenvalue weighted by Gasteiger charge is 2.37. The predicted molar refractivity (Wildman–Crippen MR) is 146 cm³/mol. The highest BCUT2D eigenvalue weighted by atomic mass is 127. The van der Waals surface area contributed by atoms with E-state index in [-0.39, 0.29) is 4.91 Å². The highest BCUT2D eigenvalue weighted by Crippen LogP contribution is 2.35. The molecule has 0 spiro atoms. The zero-order valence-electron chi connectivity index (χ0n) is 18.6. The van der Waals surface area contributed by atoms with E-state index in [2.05, 4.69) is 51.2 Å². The maximum atomic E-state index is 12.7. The van der Waals surface area contributed by atoms with E-state index in [4.69, 9.17) is 9.47 Å². The van der Waals surface area contributed by atoms with Gasteiger partial charge in [-0.05, 0) is 114 Å². The number of esters is 1. The van der Waals surface area contributed by atoms with Gasteiger partial charge < -0.3 is 9.47 Å². The Balaban J connectivity index is 1.73. The molecule has 0 bridgehead atoms. The molecule has 0 unspecified atom stereocenters. The third-order valence-electron chi connectivity index (χ3n) is 4.36. The number of ether oxygens (including phenoxy) is 2. The lowest BCUT2D eigenvalue weighted by Crippen LogP contribution is -2.37. The first-order valence-corrected chi connectivity index (χ1v) is 13.0.